The first-order chi connectivity index (χ1) is 11.8. The number of aromatic nitrogens is 4. The van der Waals surface area contributed by atoms with E-state index in [1.165, 1.54) is 6.26 Å². The van der Waals surface area contributed by atoms with Gasteiger partial charge in [-0.1, -0.05) is 35.5 Å². The highest BCUT2D eigenvalue weighted by Gasteiger charge is 2.17. The number of fused-ring (bicyclic) bond motifs is 1. The van der Waals surface area contributed by atoms with E-state index in [0.717, 1.165) is 16.9 Å². The molecule has 4 rings (SSSR count). The quantitative estimate of drug-likeness (QED) is 0.624. The molecule has 3 aromatic heterocycles. The highest BCUT2D eigenvalue weighted by Crippen LogP contribution is 2.21. The molecular weight excluding hydrogens is 306 g/mol. The molecule has 0 saturated heterocycles. The van der Waals surface area contributed by atoms with Crippen molar-refractivity contribution in [3.05, 3.63) is 72.6 Å². The first-order valence-electron chi connectivity index (χ1n) is 7.37. The summed E-state index contributed by atoms with van der Waals surface area (Å²) in [5, 5.41) is 6.81. The Hall–Kier alpha value is -3.48. The number of rotatable bonds is 4. The van der Waals surface area contributed by atoms with Crippen molar-refractivity contribution in [1.29, 1.82) is 0 Å². The number of imidazole rings is 1. The van der Waals surface area contributed by atoms with Gasteiger partial charge in [0.25, 0.3) is 5.91 Å². The summed E-state index contributed by atoms with van der Waals surface area (Å²) in [7, 11) is 0. The average Bonchev–Trinajstić information content (AvgIpc) is 3.28. The molecule has 0 fully saturated rings. The van der Waals surface area contributed by atoms with Crippen molar-refractivity contribution in [2.75, 3.05) is 0 Å². The number of hydrogen-bond acceptors (Lipinski definition) is 5. The Morgan fingerprint density at radius 3 is 2.96 bits per heavy atom. The van der Waals surface area contributed by atoms with E-state index < -0.39 is 0 Å². The van der Waals surface area contributed by atoms with Gasteiger partial charge in [0, 0.05) is 18.0 Å². The third-order valence-corrected chi connectivity index (χ3v) is 3.69. The molecule has 0 aliphatic carbocycles. The monoisotopic (exact) mass is 319 g/mol. The zero-order valence-electron chi connectivity index (χ0n) is 12.6. The molecule has 0 aliphatic heterocycles. The van der Waals surface area contributed by atoms with Crippen LogP contribution in [-0.2, 0) is 6.54 Å². The summed E-state index contributed by atoms with van der Waals surface area (Å²) in [6.45, 7) is 0.337. The summed E-state index contributed by atoms with van der Waals surface area (Å²) in [5.41, 5.74) is 3.35. The van der Waals surface area contributed by atoms with E-state index in [1.807, 2.05) is 34.7 Å². The minimum Gasteiger partial charge on any atom is -0.363 e. The van der Waals surface area contributed by atoms with Crippen molar-refractivity contribution < 1.29 is 9.32 Å². The van der Waals surface area contributed by atoms with Gasteiger partial charge in [0.05, 0.1) is 24.6 Å². The molecular formula is C17H13N5O2. The number of hydrogen-bond donors (Lipinski definition) is 1. The standard InChI is InChI=1S/C17H13N5O2/c23-17(14-11-24-21-16(14)12-4-2-1-3-5-12)20-9-13-8-19-15-10-18-6-7-22(13)15/h1-8,10-11H,9H2,(H,20,23). The molecule has 0 bridgehead atoms. The van der Waals surface area contributed by atoms with Crippen LogP contribution >= 0.6 is 0 Å². The van der Waals surface area contributed by atoms with Crippen molar-refractivity contribution in [2.24, 2.45) is 0 Å². The number of carbonyl (C=O) groups is 1. The molecule has 1 N–H and O–H groups in total. The summed E-state index contributed by atoms with van der Waals surface area (Å²) in [4.78, 5) is 20.7. The van der Waals surface area contributed by atoms with Crippen LogP contribution in [0.25, 0.3) is 16.9 Å². The fourth-order valence-electron chi connectivity index (χ4n) is 2.49. The van der Waals surface area contributed by atoms with E-state index in [0.29, 0.717) is 17.8 Å². The second kappa shape index (κ2) is 5.96. The maximum absolute atomic E-state index is 12.5. The van der Waals surface area contributed by atoms with Gasteiger partial charge < -0.3 is 9.84 Å². The van der Waals surface area contributed by atoms with E-state index in [2.05, 4.69) is 20.4 Å². The molecule has 4 aromatic rings. The van der Waals surface area contributed by atoms with Crippen LogP contribution in [0.4, 0.5) is 0 Å². The second-order valence-electron chi connectivity index (χ2n) is 5.18. The number of nitrogens with zero attached hydrogens (tertiary/aromatic N) is 4. The molecule has 24 heavy (non-hydrogen) atoms. The van der Waals surface area contributed by atoms with Gasteiger partial charge in [-0.3, -0.25) is 14.2 Å². The smallest absolute Gasteiger partial charge is 0.257 e. The molecule has 0 radical (unpaired) electrons. The van der Waals surface area contributed by atoms with Crippen LogP contribution in [0.15, 0.2) is 65.9 Å². The highest BCUT2D eigenvalue weighted by molar-refractivity contribution is 5.99. The molecule has 3 heterocycles. The van der Waals surface area contributed by atoms with Gasteiger partial charge in [-0.25, -0.2) is 4.98 Å². The Kier molecular flexibility index (Phi) is 3.51. The van der Waals surface area contributed by atoms with E-state index in [1.54, 1.807) is 24.8 Å². The minimum absolute atomic E-state index is 0.251. The summed E-state index contributed by atoms with van der Waals surface area (Å²) >= 11 is 0. The van der Waals surface area contributed by atoms with E-state index >= 15 is 0 Å². The predicted octanol–water partition coefficient (Wildman–Crippen LogP) is 2.31. The number of nitrogens with one attached hydrogen (secondary N) is 1. The molecule has 0 atom stereocenters. The third kappa shape index (κ3) is 2.52. The van der Waals surface area contributed by atoms with Crippen LogP contribution in [0, 0.1) is 0 Å². The van der Waals surface area contributed by atoms with Crippen LogP contribution in [-0.4, -0.2) is 25.4 Å². The van der Waals surface area contributed by atoms with Crippen LogP contribution in [0.5, 0.6) is 0 Å². The highest BCUT2D eigenvalue weighted by atomic mass is 16.5. The normalized spacial score (nSPS) is 10.8. The molecule has 7 heteroatoms. The lowest BCUT2D eigenvalue weighted by Gasteiger charge is -2.05. The Morgan fingerprint density at radius 2 is 2.08 bits per heavy atom. The van der Waals surface area contributed by atoms with Crippen molar-refractivity contribution in [3.63, 3.8) is 0 Å². The lowest BCUT2D eigenvalue weighted by Crippen LogP contribution is -2.23. The molecule has 0 spiro atoms. The molecule has 1 amide bonds. The first kappa shape index (κ1) is 14.1. The molecule has 118 valence electrons. The predicted molar refractivity (Wildman–Crippen MR) is 86.1 cm³/mol. The summed E-state index contributed by atoms with van der Waals surface area (Å²) < 4.78 is 6.87. The SMILES string of the molecule is O=C(NCc1cnc2cnccn12)c1conc1-c1ccccc1. The number of amides is 1. The minimum atomic E-state index is -0.251. The Morgan fingerprint density at radius 1 is 1.21 bits per heavy atom. The summed E-state index contributed by atoms with van der Waals surface area (Å²) in [6.07, 6.45) is 8.21. The zero-order valence-corrected chi connectivity index (χ0v) is 12.6. The third-order valence-electron chi connectivity index (χ3n) is 3.69. The number of benzene rings is 1. The van der Waals surface area contributed by atoms with Gasteiger partial charge in [-0.15, -0.1) is 0 Å². The van der Waals surface area contributed by atoms with E-state index in [4.69, 9.17) is 4.52 Å². The maximum atomic E-state index is 12.5. The van der Waals surface area contributed by atoms with Crippen LogP contribution < -0.4 is 5.32 Å². The van der Waals surface area contributed by atoms with Gasteiger partial charge in [0.2, 0.25) is 0 Å². The van der Waals surface area contributed by atoms with Crippen molar-refractivity contribution >= 4 is 11.6 Å². The Balaban J connectivity index is 1.54. The Bertz CT molecular complexity index is 990. The molecule has 0 unspecified atom stereocenters. The van der Waals surface area contributed by atoms with Crippen LogP contribution in [0.3, 0.4) is 0 Å². The lowest BCUT2D eigenvalue weighted by molar-refractivity contribution is 0.0950. The first-order valence-corrected chi connectivity index (χ1v) is 7.37. The summed E-state index contributed by atoms with van der Waals surface area (Å²) in [6, 6.07) is 9.44. The molecule has 0 aliphatic rings. The Labute approximate surface area is 137 Å². The largest absolute Gasteiger partial charge is 0.363 e. The van der Waals surface area contributed by atoms with Crippen molar-refractivity contribution in [1.82, 2.24) is 24.8 Å². The molecule has 7 nitrogen and oxygen atoms in total. The van der Waals surface area contributed by atoms with Gasteiger partial charge >= 0.3 is 0 Å². The fraction of sp³-hybridized carbons (Fsp3) is 0.0588. The van der Waals surface area contributed by atoms with Gasteiger partial charge in [0.1, 0.15) is 17.5 Å². The topological polar surface area (TPSA) is 85.3 Å². The molecule has 0 saturated carbocycles. The van der Waals surface area contributed by atoms with Crippen molar-refractivity contribution in [3.8, 4) is 11.3 Å². The fourth-order valence-corrected chi connectivity index (χ4v) is 2.49. The van der Waals surface area contributed by atoms with Crippen LogP contribution in [0.2, 0.25) is 0 Å². The van der Waals surface area contributed by atoms with Gasteiger partial charge in [-0.05, 0) is 0 Å². The number of carbonyl (C=O) groups excluding carboxylic acids is 1. The molecule has 1 aromatic carbocycles. The zero-order chi connectivity index (χ0) is 16.4. The van der Waals surface area contributed by atoms with Gasteiger partial charge in [-0.2, -0.15) is 0 Å². The van der Waals surface area contributed by atoms with Crippen LogP contribution in [0.1, 0.15) is 16.1 Å². The second-order valence-corrected chi connectivity index (χ2v) is 5.18. The average molecular weight is 319 g/mol. The van der Waals surface area contributed by atoms with Gasteiger partial charge in [0.15, 0.2) is 5.65 Å². The van der Waals surface area contributed by atoms with E-state index in [9.17, 15) is 4.79 Å². The maximum Gasteiger partial charge on any atom is 0.257 e. The summed E-state index contributed by atoms with van der Waals surface area (Å²) in [5.74, 6) is -0.251. The van der Waals surface area contributed by atoms with E-state index in [-0.39, 0.29) is 5.91 Å². The van der Waals surface area contributed by atoms with Crippen molar-refractivity contribution in [2.45, 2.75) is 6.54 Å². The lowest BCUT2D eigenvalue weighted by atomic mass is 10.1.